The lowest BCUT2D eigenvalue weighted by Gasteiger charge is -2.01. The van der Waals surface area contributed by atoms with Crippen molar-refractivity contribution in [1.29, 1.82) is 0 Å². The summed E-state index contributed by atoms with van der Waals surface area (Å²) in [6, 6.07) is 5.30. The fourth-order valence-corrected chi connectivity index (χ4v) is 1.78. The van der Waals surface area contributed by atoms with Gasteiger partial charge in [-0.2, -0.15) is 5.10 Å². The van der Waals surface area contributed by atoms with Crippen LogP contribution in [0.25, 0.3) is 11.1 Å². The average Bonchev–Trinajstić information content (AvgIpc) is 3.07. The number of nitrogens with one attached hydrogen (secondary N) is 2. The van der Waals surface area contributed by atoms with E-state index in [2.05, 4.69) is 25.5 Å². The molecule has 2 N–H and O–H groups in total. The first-order chi connectivity index (χ1) is 9.63. The molecule has 0 saturated heterocycles. The van der Waals surface area contributed by atoms with E-state index in [1.165, 1.54) is 6.33 Å². The molecule has 2 aromatic heterocycles. The van der Waals surface area contributed by atoms with Gasteiger partial charge in [-0.1, -0.05) is 13.8 Å². The zero-order valence-corrected chi connectivity index (χ0v) is 11.0. The summed E-state index contributed by atoms with van der Waals surface area (Å²) < 4.78 is 5.61. The molecule has 0 saturated carbocycles. The Labute approximate surface area is 114 Å². The third-order valence-corrected chi connectivity index (χ3v) is 2.79. The molecule has 0 aliphatic carbocycles. The third kappa shape index (κ3) is 2.25. The van der Waals surface area contributed by atoms with E-state index in [0.717, 1.165) is 0 Å². The van der Waals surface area contributed by atoms with E-state index in [4.69, 9.17) is 4.42 Å². The van der Waals surface area contributed by atoms with E-state index < -0.39 is 0 Å². The Morgan fingerprint density at radius 1 is 1.40 bits per heavy atom. The highest BCUT2D eigenvalue weighted by Gasteiger charge is 2.12. The van der Waals surface area contributed by atoms with Crippen LogP contribution in [0.5, 0.6) is 0 Å². The van der Waals surface area contributed by atoms with Crippen LogP contribution in [-0.4, -0.2) is 26.1 Å². The molecule has 20 heavy (non-hydrogen) atoms. The molecule has 0 atom stereocenters. The first-order valence-electron chi connectivity index (χ1n) is 6.20. The van der Waals surface area contributed by atoms with Crippen LogP contribution in [0.3, 0.4) is 0 Å². The number of aromatic nitrogens is 4. The lowest BCUT2D eigenvalue weighted by Crippen LogP contribution is -2.13. The minimum atomic E-state index is -0.352. The summed E-state index contributed by atoms with van der Waals surface area (Å²) in [7, 11) is 0. The van der Waals surface area contributed by atoms with Crippen LogP contribution in [0.4, 0.5) is 5.69 Å². The van der Waals surface area contributed by atoms with Gasteiger partial charge in [0.2, 0.25) is 5.82 Å². The molecule has 0 spiro atoms. The Hall–Kier alpha value is -2.70. The van der Waals surface area contributed by atoms with Crippen molar-refractivity contribution in [1.82, 2.24) is 20.2 Å². The average molecular weight is 271 g/mol. The highest BCUT2D eigenvalue weighted by Crippen LogP contribution is 2.23. The molecule has 3 aromatic rings. The molecule has 1 amide bonds. The number of oxazole rings is 1. The highest BCUT2D eigenvalue weighted by molar-refractivity contribution is 6.02. The van der Waals surface area contributed by atoms with E-state index in [1.807, 2.05) is 13.8 Å². The quantitative estimate of drug-likeness (QED) is 0.762. The number of amides is 1. The number of carbonyl (C=O) groups is 1. The van der Waals surface area contributed by atoms with Crippen molar-refractivity contribution in [2.45, 2.75) is 19.8 Å². The molecule has 2 heterocycles. The van der Waals surface area contributed by atoms with Crippen molar-refractivity contribution in [3.05, 3.63) is 36.2 Å². The van der Waals surface area contributed by atoms with Gasteiger partial charge in [0.15, 0.2) is 11.5 Å². The van der Waals surface area contributed by atoms with Crippen LogP contribution in [0.15, 0.2) is 28.9 Å². The van der Waals surface area contributed by atoms with Gasteiger partial charge >= 0.3 is 0 Å². The first-order valence-corrected chi connectivity index (χ1v) is 6.20. The zero-order chi connectivity index (χ0) is 14.1. The Bertz CT molecular complexity index is 745. The fourth-order valence-electron chi connectivity index (χ4n) is 1.78. The van der Waals surface area contributed by atoms with Crippen molar-refractivity contribution in [3.63, 3.8) is 0 Å². The normalized spacial score (nSPS) is 11.2. The van der Waals surface area contributed by atoms with E-state index in [1.54, 1.807) is 18.2 Å². The standard InChI is InChI=1S/C13H13N5O2/c1-7(2)13-17-9-5-8(3-4-10(9)20-13)16-12(19)11-14-6-15-18-11/h3-7H,1-2H3,(H,16,19)(H,14,15,18). The third-order valence-electron chi connectivity index (χ3n) is 2.79. The number of hydrogen-bond donors (Lipinski definition) is 2. The predicted molar refractivity (Wildman–Crippen MR) is 72.4 cm³/mol. The van der Waals surface area contributed by atoms with Crippen LogP contribution < -0.4 is 5.32 Å². The number of rotatable bonds is 3. The number of fused-ring (bicyclic) bond motifs is 1. The van der Waals surface area contributed by atoms with Crippen molar-refractivity contribution >= 4 is 22.7 Å². The number of nitrogens with zero attached hydrogens (tertiary/aromatic N) is 3. The topological polar surface area (TPSA) is 96.7 Å². The van der Waals surface area contributed by atoms with Gasteiger partial charge in [-0.25, -0.2) is 9.97 Å². The van der Waals surface area contributed by atoms with E-state index in [-0.39, 0.29) is 17.6 Å². The Morgan fingerprint density at radius 3 is 2.95 bits per heavy atom. The fraction of sp³-hybridized carbons (Fsp3) is 0.231. The molecule has 0 unspecified atom stereocenters. The summed E-state index contributed by atoms with van der Waals surface area (Å²) in [5.74, 6) is 0.705. The number of carbonyl (C=O) groups excluding carboxylic acids is 1. The summed E-state index contributed by atoms with van der Waals surface area (Å²) in [4.78, 5) is 20.0. The molecule has 0 aliphatic rings. The van der Waals surface area contributed by atoms with E-state index in [0.29, 0.717) is 22.7 Å². The largest absolute Gasteiger partial charge is 0.440 e. The number of hydrogen-bond acceptors (Lipinski definition) is 5. The van der Waals surface area contributed by atoms with Crippen molar-refractivity contribution in [3.8, 4) is 0 Å². The summed E-state index contributed by atoms with van der Waals surface area (Å²) >= 11 is 0. The minimum absolute atomic E-state index is 0.160. The maximum Gasteiger partial charge on any atom is 0.292 e. The maximum atomic E-state index is 11.8. The summed E-state index contributed by atoms with van der Waals surface area (Å²) in [6.07, 6.45) is 1.28. The number of anilines is 1. The van der Waals surface area contributed by atoms with E-state index >= 15 is 0 Å². The van der Waals surface area contributed by atoms with Crippen LogP contribution in [0.1, 0.15) is 36.3 Å². The molecular formula is C13H13N5O2. The van der Waals surface area contributed by atoms with Gasteiger partial charge in [-0.05, 0) is 18.2 Å². The smallest absolute Gasteiger partial charge is 0.292 e. The maximum absolute atomic E-state index is 11.8. The summed E-state index contributed by atoms with van der Waals surface area (Å²) in [5, 5.41) is 8.86. The molecule has 0 fully saturated rings. The van der Waals surface area contributed by atoms with Crippen LogP contribution >= 0.6 is 0 Å². The van der Waals surface area contributed by atoms with Gasteiger partial charge < -0.3 is 9.73 Å². The van der Waals surface area contributed by atoms with Gasteiger partial charge in [0.05, 0.1) is 0 Å². The van der Waals surface area contributed by atoms with Gasteiger partial charge in [0.1, 0.15) is 11.8 Å². The number of H-pyrrole nitrogens is 1. The first kappa shape index (κ1) is 12.3. The number of benzene rings is 1. The molecule has 0 radical (unpaired) electrons. The minimum Gasteiger partial charge on any atom is -0.440 e. The summed E-state index contributed by atoms with van der Waals surface area (Å²) in [6.45, 7) is 4.02. The zero-order valence-electron chi connectivity index (χ0n) is 11.0. The van der Waals surface area contributed by atoms with Crippen molar-refractivity contribution in [2.75, 3.05) is 5.32 Å². The molecular weight excluding hydrogens is 258 g/mol. The molecule has 0 bridgehead atoms. The molecule has 7 heteroatoms. The van der Waals surface area contributed by atoms with Gasteiger partial charge in [-0.3, -0.25) is 9.89 Å². The molecule has 7 nitrogen and oxygen atoms in total. The van der Waals surface area contributed by atoms with Gasteiger partial charge in [-0.15, -0.1) is 0 Å². The second kappa shape index (κ2) is 4.76. The Balaban J connectivity index is 1.87. The van der Waals surface area contributed by atoms with Crippen LogP contribution in [-0.2, 0) is 0 Å². The SMILES string of the molecule is CC(C)c1nc2cc(NC(=O)c3ncn[nH]3)ccc2o1. The second-order valence-corrected chi connectivity index (χ2v) is 4.68. The molecule has 3 rings (SSSR count). The lowest BCUT2D eigenvalue weighted by molar-refractivity contribution is 0.101. The predicted octanol–water partition coefficient (Wildman–Crippen LogP) is 2.32. The summed E-state index contributed by atoms with van der Waals surface area (Å²) in [5.41, 5.74) is 2.04. The van der Waals surface area contributed by atoms with E-state index in [9.17, 15) is 4.79 Å². The van der Waals surface area contributed by atoms with Crippen molar-refractivity contribution < 1.29 is 9.21 Å². The van der Waals surface area contributed by atoms with Crippen molar-refractivity contribution in [2.24, 2.45) is 0 Å². The molecule has 102 valence electrons. The van der Waals surface area contributed by atoms with Gasteiger partial charge in [0, 0.05) is 11.6 Å². The highest BCUT2D eigenvalue weighted by atomic mass is 16.3. The Kier molecular flexibility index (Phi) is 2.94. The molecule has 0 aliphatic heterocycles. The van der Waals surface area contributed by atoms with Crippen LogP contribution in [0.2, 0.25) is 0 Å². The van der Waals surface area contributed by atoms with Crippen LogP contribution in [0, 0.1) is 0 Å². The lowest BCUT2D eigenvalue weighted by atomic mass is 10.2. The van der Waals surface area contributed by atoms with Gasteiger partial charge in [0.25, 0.3) is 5.91 Å². The second-order valence-electron chi connectivity index (χ2n) is 4.68. The monoisotopic (exact) mass is 271 g/mol. The Morgan fingerprint density at radius 2 is 2.25 bits per heavy atom. The number of aromatic amines is 1. The molecule has 1 aromatic carbocycles.